The minimum absolute atomic E-state index is 0.383. The molecule has 0 atom stereocenters. The maximum absolute atomic E-state index is 6.02. The average Bonchev–Trinajstić information content (AvgIpc) is 2.75. The molecule has 2 rings (SSSR count). The van der Waals surface area contributed by atoms with Gasteiger partial charge in [-0.2, -0.15) is 0 Å². The van der Waals surface area contributed by atoms with Gasteiger partial charge in [0.1, 0.15) is 5.82 Å². The summed E-state index contributed by atoms with van der Waals surface area (Å²) in [5, 5.41) is 9.08. The highest BCUT2D eigenvalue weighted by molar-refractivity contribution is 9.10. The molecule has 0 fully saturated rings. The van der Waals surface area contributed by atoms with E-state index in [-0.39, 0.29) is 0 Å². The summed E-state index contributed by atoms with van der Waals surface area (Å²) in [5.41, 5.74) is 6.69. The Bertz CT molecular complexity index is 580. The van der Waals surface area contributed by atoms with E-state index in [4.69, 9.17) is 17.3 Å². The van der Waals surface area contributed by atoms with Crippen molar-refractivity contribution in [1.29, 1.82) is 0 Å². The van der Waals surface area contributed by atoms with Gasteiger partial charge >= 0.3 is 0 Å². The van der Waals surface area contributed by atoms with Crippen LogP contribution in [-0.4, -0.2) is 14.8 Å². The van der Waals surface area contributed by atoms with Crippen molar-refractivity contribution in [2.75, 3.05) is 0 Å². The molecule has 2 aromatic rings. The van der Waals surface area contributed by atoms with Gasteiger partial charge in [-0.3, -0.25) is 0 Å². The molecule has 0 aliphatic heterocycles. The Labute approximate surface area is 126 Å². The summed E-state index contributed by atoms with van der Waals surface area (Å²) >= 11 is 9.44. The largest absolute Gasteiger partial charge is 0.324 e. The van der Waals surface area contributed by atoms with Crippen molar-refractivity contribution in [3.05, 3.63) is 33.5 Å². The van der Waals surface area contributed by atoms with E-state index >= 15 is 0 Å². The molecule has 6 heteroatoms. The third-order valence-electron chi connectivity index (χ3n) is 2.74. The van der Waals surface area contributed by atoms with E-state index in [1.807, 2.05) is 18.2 Å². The molecule has 1 aromatic heterocycles. The Morgan fingerprint density at radius 3 is 2.68 bits per heavy atom. The number of hydrogen-bond acceptors (Lipinski definition) is 3. The number of hydrogen-bond donors (Lipinski definition) is 1. The molecule has 19 heavy (non-hydrogen) atoms. The number of halogens is 2. The summed E-state index contributed by atoms with van der Waals surface area (Å²) in [6, 6.07) is 5.73. The highest BCUT2D eigenvalue weighted by atomic mass is 79.9. The van der Waals surface area contributed by atoms with Crippen LogP contribution < -0.4 is 5.73 Å². The first-order valence-corrected chi connectivity index (χ1v) is 7.27. The van der Waals surface area contributed by atoms with E-state index < -0.39 is 0 Å². The van der Waals surface area contributed by atoms with Crippen LogP contribution in [0.3, 0.4) is 0 Å². The zero-order valence-corrected chi connectivity index (χ0v) is 13.2. The fourth-order valence-corrected chi connectivity index (χ4v) is 2.39. The first-order valence-electron chi connectivity index (χ1n) is 6.10. The quantitative estimate of drug-likeness (QED) is 0.924. The standard InChI is InChI=1S/C13H16BrClN4/c1-8(2)7-19-12(6-16)17-18-13(19)9-3-4-11(15)10(14)5-9/h3-5,8H,6-7,16H2,1-2H3. The molecular weight excluding hydrogens is 328 g/mol. The summed E-state index contributed by atoms with van der Waals surface area (Å²) in [7, 11) is 0. The summed E-state index contributed by atoms with van der Waals surface area (Å²) in [4.78, 5) is 0. The Hall–Kier alpha value is -0.910. The SMILES string of the molecule is CC(C)Cn1c(CN)nnc1-c1ccc(Cl)c(Br)c1. The van der Waals surface area contributed by atoms with Crippen LogP contribution in [0.1, 0.15) is 19.7 Å². The molecule has 102 valence electrons. The number of aromatic nitrogens is 3. The molecule has 0 bridgehead atoms. The second kappa shape index (κ2) is 6.03. The van der Waals surface area contributed by atoms with Crippen LogP contribution in [0, 0.1) is 5.92 Å². The molecule has 0 aliphatic carbocycles. The van der Waals surface area contributed by atoms with E-state index in [9.17, 15) is 0 Å². The maximum Gasteiger partial charge on any atom is 0.164 e. The number of nitrogens with zero attached hydrogens (tertiary/aromatic N) is 3. The predicted octanol–water partition coefficient (Wildman–Crippen LogP) is 3.48. The van der Waals surface area contributed by atoms with E-state index in [2.05, 4.69) is 44.5 Å². The summed E-state index contributed by atoms with van der Waals surface area (Å²) < 4.78 is 2.92. The zero-order valence-electron chi connectivity index (χ0n) is 10.9. The minimum atomic E-state index is 0.383. The van der Waals surface area contributed by atoms with Gasteiger partial charge in [0.25, 0.3) is 0 Å². The molecule has 1 aromatic carbocycles. The van der Waals surface area contributed by atoms with Gasteiger partial charge in [-0.05, 0) is 40.0 Å². The molecule has 0 amide bonds. The second-order valence-electron chi connectivity index (χ2n) is 4.78. The van der Waals surface area contributed by atoms with Crippen LogP contribution in [-0.2, 0) is 13.1 Å². The third kappa shape index (κ3) is 3.16. The lowest BCUT2D eigenvalue weighted by Gasteiger charge is -2.12. The van der Waals surface area contributed by atoms with E-state index in [0.29, 0.717) is 17.5 Å². The molecule has 0 saturated heterocycles. The van der Waals surface area contributed by atoms with Crippen LogP contribution in [0.4, 0.5) is 0 Å². The van der Waals surface area contributed by atoms with Crippen LogP contribution in [0.2, 0.25) is 5.02 Å². The van der Waals surface area contributed by atoms with Gasteiger partial charge < -0.3 is 10.3 Å². The van der Waals surface area contributed by atoms with Crippen molar-refractivity contribution >= 4 is 27.5 Å². The molecule has 0 unspecified atom stereocenters. The Balaban J connectivity index is 2.48. The molecular formula is C13H16BrClN4. The minimum Gasteiger partial charge on any atom is -0.324 e. The van der Waals surface area contributed by atoms with Gasteiger partial charge in [0.05, 0.1) is 11.6 Å². The van der Waals surface area contributed by atoms with Gasteiger partial charge in [-0.25, -0.2) is 0 Å². The van der Waals surface area contributed by atoms with Crippen molar-refractivity contribution in [2.45, 2.75) is 26.9 Å². The van der Waals surface area contributed by atoms with Crippen molar-refractivity contribution < 1.29 is 0 Å². The lowest BCUT2D eigenvalue weighted by atomic mass is 10.2. The molecule has 0 saturated carbocycles. The summed E-state index contributed by atoms with van der Waals surface area (Å²) in [5.74, 6) is 2.12. The smallest absolute Gasteiger partial charge is 0.164 e. The van der Waals surface area contributed by atoms with Crippen LogP contribution in [0.25, 0.3) is 11.4 Å². The van der Waals surface area contributed by atoms with Gasteiger partial charge in [-0.1, -0.05) is 25.4 Å². The van der Waals surface area contributed by atoms with Gasteiger partial charge in [0.2, 0.25) is 0 Å². The fourth-order valence-electron chi connectivity index (χ4n) is 1.89. The van der Waals surface area contributed by atoms with Crippen molar-refractivity contribution in [2.24, 2.45) is 11.7 Å². The summed E-state index contributed by atoms with van der Waals surface area (Å²) in [6.07, 6.45) is 0. The first kappa shape index (κ1) is 14.5. The monoisotopic (exact) mass is 342 g/mol. The van der Waals surface area contributed by atoms with Crippen LogP contribution >= 0.6 is 27.5 Å². The third-order valence-corrected chi connectivity index (χ3v) is 3.95. The molecule has 4 nitrogen and oxygen atoms in total. The molecule has 0 radical (unpaired) electrons. The van der Waals surface area contributed by atoms with Gasteiger partial charge in [0.15, 0.2) is 5.82 Å². The number of rotatable bonds is 4. The van der Waals surface area contributed by atoms with Gasteiger partial charge in [-0.15, -0.1) is 10.2 Å². The highest BCUT2D eigenvalue weighted by Gasteiger charge is 2.14. The van der Waals surface area contributed by atoms with E-state index in [0.717, 1.165) is 28.2 Å². The molecule has 0 spiro atoms. The Kier molecular flexibility index (Phi) is 4.60. The predicted molar refractivity (Wildman–Crippen MR) is 80.9 cm³/mol. The van der Waals surface area contributed by atoms with Crippen molar-refractivity contribution in [3.63, 3.8) is 0 Å². The topological polar surface area (TPSA) is 56.7 Å². The molecule has 1 heterocycles. The fraction of sp³-hybridized carbons (Fsp3) is 0.385. The highest BCUT2D eigenvalue weighted by Crippen LogP contribution is 2.28. The number of benzene rings is 1. The number of nitrogens with two attached hydrogens (primary N) is 1. The molecule has 2 N–H and O–H groups in total. The first-order chi connectivity index (χ1) is 9.02. The Morgan fingerprint density at radius 1 is 1.37 bits per heavy atom. The van der Waals surface area contributed by atoms with Crippen molar-refractivity contribution in [3.8, 4) is 11.4 Å². The molecule has 0 aliphatic rings. The second-order valence-corrected chi connectivity index (χ2v) is 6.04. The van der Waals surface area contributed by atoms with Gasteiger partial charge in [0, 0.05) is 16.6 Å². The van der Waals surface area contributed by atoms with Crippen LogP contribution in [0.15, 0.2) is 22.7 Å². The van der Waals surface area contributed by atoms with E-state index in [1.165, 1.54) is 0 Å². The lowest BCUT2D eigenvalue weighted by molar-refractivity contribution is 0.510. The summed E-state index contributed by atoms with van der Waals surface area (Å²) in [6.45, 7) is 5.54. The lowest BCUT2D eigenvalue weighted by Crippen LogP contribution is -2.13. The maximum atomic E-state index is 6.02. The van der Waals surface area contributed by atoms with Crippen LogP contribution in [0.5, 0.6) is 0 Å². The average molecular weight is 344 g/mol. The van der Waals surface area contributed by atoms with Crippen molar-refractivity contribution in [1.82, 2.24) is 14.8 Å². The van der Waals surface area contributed by atoms with E-state index in [1.54, 1.807) is 0 Å². The normalized spacial score (nSPS) is 11.3. The Morgan fingerprint density at radius 2 is 2.11 bits per heavy atom. The zero-order chi connectivity index (χ0) is 14.0.